The van der Waals surface area contributed by atoms with Crippen molar-refractivity contribution in [2.24, 2.45) is 0 Å². The van der Waals surface area contributed by atoms with Gasteiger partial charge in [0.05, 0.1) is 34.1 Å². The summed E-state index contributed by atoms with van der Waals surface area (Å²) in [6.45, 7) is 2.96. The molecule has 2 N–H and O–H groups in total. The number of hydrogen-bond donors (Lipinski definition) is 2. The first-order chi connectivity index (χ1) is 12.5. The Bertz CT molecular complexity index is 862. The first-order valence-corrected chi connectivity index (χ1v) is 9.84. The molecule has 10 heteroatoms. The lowest BCUT2D eigenvalue weighted by atomic mass is 10.2. The zero-order chi connectivity index (χ0) is 18.7. The fourth-order valence-corrected chi connectivity index (χ4v) is 3.86. The Morgan fingerprint density at radius 1 is 1.50 bits per heavy atom. The second kappa shape index (κ2) is 8.47. The molecule has 1 aliphatic heterocycles. The number of amides is 1. The molecular weight excluding hydrogens is 399 g/mol. The summed E-state index contributed by atoms with van der Waals surface area (Å²) in [6, 6.07) is 3.46. The molecule has 7 nitrogen and oxygen atoms in total. The SMILES string of the molecule is Cc1ccc(Cl)c(NC(=O)CSc2n[nH]c(=O)n2CC2CCCO2)c1Cl. The van der Waals surface area contributed by atoms with Crippen molar-refractivity contribution in [1.82, 2.24) is 14.8 Å². The van der Waals surface area contributed by atoms with Crippen molar-refractivity contribution in [1.29, 1.82) is 0 Å². The molecule has 1 aromatic heterocycles. The molecule has 0 bridgehead atoms. The smallest absolute Gasteiger partial charge is 0.344 e. The summed E-state index contributed by atoms with van der Waals surface area (Å²) < 4.78 is 7.06. The van der Waals surface area contributed by atoms with Crippen LogP contribution in [0.1, 0.15) is 18.4 Å². The number of aryl methyl sites for hydroxylation is 1. The van der Waals surface area contributed by atoms with Gasteiger partial charge in [0, 0.05) is 6.61 Å². The molecule has 1 aliphatic rings. The van der Waals surface area contributed by atoms with Gasteiger partial charge in [-0.25, -0.2) is 9.89 Å². The summed E-state index contributed by atoms with van der Waals surface area (Å²) in [6.07, 6.45) is 1.90. The highest BCUT2D eigenvalue weighted by atomic mass is 35.5. The van der Waals surface area contributed by atoms with Gasteiger partial charge in [-0.1, -0.05) is 41.0 Å². The van der Waals surface area contributed by atoms with Crippen LogP contribution >= 0.6 is 35.0 Å². The topological polar surface area (TPSA) is 89.0 Å². The third-order valence-electron chi connectivity index (χ3n) is 4.01. The summed E-state index contributed by atoms with van der Waals surface area (Å²) in [5.41, 5.74) is 0.891. The van der Waals surface area contributed by atoms with Gasteiger partial charge >= 0.3 is 5.69 Å². The van der Waals surface area contributed by atoms with E-state index in [0.29, 0.717) is 34.0 Å². The van der Waals surface area contributed by atoms with Crippen molar-refractivity contribution in [2.75, 3.05) is 17.7 Å². The number of benzene rings is 1. The van der Waals surface area contributed by atoms with Gasteiger partial charge in [0.2, 0.25) is 5.91 Å². The Hall–Kier alpha value is -1.48. The lowest BCUT2D eigenvalue weighted by Gasteiger charge is -2.12. The molecule has 1 saturated heterocycles. The van der Waals surface area contributed by atoms with Crippen LogP contribution in [0.25, 0.3) is 0 Å². The number of H-pyrrole nitrogens is 1. The highest BCUT2D eigenvalue weighted by molar-refractivity contribution is 7.99. The van der Waals surface area contributed by atoms with Gasteiger partial charge in [-0.2, -0.15) is 0 Å². The number of carbonyl (C=O) groups is 1. The van der Waals surface area contributed by atoms with Crippen LogP contribution in [0.15, 0.2) is 22.1 Å². The normalized spacial score (nSPS) is 16.8. The van der Waals surface area contributed by atoms with Crippen LogP contribution < -0.4 is 11.0 Å². The van der Waals surface area contributed by atoms with Gasteiger partial charge in [0.1, 0.15) is 0 Å². The average Bonchev–Trinajstić information content (AvgIpc) is 3.25. The van der Waals surface area contributed by atoms with Gasteiger partial charge in [-0.15, -0.1) is 5.10 Å². The van der Waals surface area contributed by atoms with E-state index in [-0.39, 0.29) is 23.5 Å². The number of ether oxygens (including phenoxy) is 1. The average molecular weight is 417 g/mol. The lowest BCUT2D eigenvalue weighted by Crippen LogP contribution is -2.25. The Balaban J connectivity index is 1.63. The number of nitrogens with zero attached hydrogens (tertiary/aromatic N) is 2. The van der Waals surface area contributed by atoms with Crippen molar-refractivity contribution in [2.45, 2.75) is 37.6 Å². The summed E-state index contributed by atoms with van der Waals surface area (Å²) in [5, 5.41) is 10.3. The van der Waals surface area contributed by atoms with Gasteiger partial charge in [0.25, 0.3) is 0 Å². The maximum atomic E-state index is 12.3. The molecule has 1 unspecified atom stereocenters. The molecule has 2 heterocycles. The number of hydrogen-bond acceptors (Lipinski definition) is 5. The first-order valence-electron chi connectivity index (χ1n) is 8.09. The number of rotatable bonds is 6. The van der Waals surface area contributed by atoms with Crippen LogP contribution in [0.3, 0.4) is 0 Å². The maximum Gasteiger partial charge on any atom is 0.344 e. The van der Waals surface area contributed by atoms with E-state index in [9.17, 15) is 9.59 Å². The summed E-state index contributed by atoms with van der Waals surface area (Å²) in [5.74, 6) is -0.223. The van der Waals surface area contributed by atoms with E-state index >= 15 is 0 Å². The highest BCUT2D eigenvalue weighted by Gasteiger charge is 2.20. The van der Waals surface area contributed by atoms with Crippen LogP contribution in [0.4, 0.5) is 5.69 Å². The lowest BCUT2D eigenvalue weighted by molar-refractivity contribution is -0.113. The largest absolute Gasteiger partial charge is 0.376 e. The standard InChI is InChI=1S/C16H18Cl2N4O3S/c1-9-4-5-11(17)14(13(9)18)19-12(23)8-26-16-21-20-15(24)22(16)7-10-3-2-6-25-10/h4-5,10H,2-3,6-8H2,1H3,(H,19,23)(H,20,24). The quantitative estimate of drug-likeness (QED) is 0.706. The molecule has 26 heavy (non-hydrogen) atoms. The minimum absolute atomic E-state index is 0.00313. The van der Waals surface area contributed by atoms with E-state index in [2.05, 4.69) is 15.5 Å². The first kappa shape index (κ1) is 19.3. The number of aromatic amines is 1. The highest BCUT2D eigenvalue weighted by Crippen LogP contribution is 2.33. The molecule has 1 fully saturated rings. The minimum Gasteiger partial charge on any atom is -0.376 e. The van der Waals surface area contributed by atoms with E-state index in [4.69, 9.17) is 27.9 Å². The van der Waals surface area contributed by atoms with Gasteiger partial charge < -0.3 is 10.1 Å². The van der Waals surface area contributed by atoms with E-state index in [0.717, 1.165) is 30.2 Å². The molecule has 2 aromatic rings. The zero-order valence-corrected chi connectivity index (χ0v) is 16.4. The number of anilines is 1. The number of nitrogens with one attached hydrogen (secondary N) is 2. The fraction of sp³-hybridized carbons (Fsp3) is 0.438. The van der Waals surface area contributed by atoms with Crippen LogP contribution in [0.5, 0.6) is 0 Å². The Kier molecular flexibility index (Phi) is 6.29. The predicted octanol–water partition coefficient (Wildman–Crippen LogP) is 3.10. The van der Waals surface area contributed by atoms with E-state index < -0.39 is 0 Å². The van der Waals surface area contributed by atoms with Crippen molar-refractivity contribution >= 4 is 46.6 Å². The van der Waals surface area contributed by atoms with Crippen molar-refractivity contribution < 1.29 is 9.53 Å². The van der Waals surface area contributed by atoms with Gasteiger partial charge in [-0.3, -0.25) is 9.36 Å². The maximum absolute atomic E-state index is 12.3. The summed E-state index contributed by atoms with van der Waals surface area (Å²) in [7, 11) is 0. The van der Waals surface area contributed by atoms with Crippen LogP contribution in [0, 0.1) is 6.92 Å². The van der Waals surface area contributed by atoms with Crippen LogP contribution in [-0.2, 0) is 16.1 Å². The van der Waals surface area contributed by atoms with Crippen LogP contribution in [-0.4, -0.2) is 39.1 Å². The molecule has 3 rings (SSSR count). The number of aromatic nitrogens is 3. The molecule has 0 saturated carbocycles. The van der Waals surface area contributed by atoms with Gasteiger partial charge in [0.15, 0.2) is 5.16 Å². The molecule has 1 aromatic carbocycles. The molecule has 0 aliphatic carbocycles. The van der Waals surface area contributed by atoms with E-state index in [1.54, 1.807) is 12.1 Å². The second-order valence-corrected chi connectivity index (χ2v) is 7.67. The monoisotopic (exact) mass is 416 g/mol. The summed E-state index contributed by atoms with van der Waals surface area (Å²) >= 11 is 13.5. The fourth-order valence-electron chi connectivity index (χ4n) is 2.64. The molecule has 0 radical (unpaired) electrons. The Morgan fingerprint density at radius 3 is 3.04 bits per heavy atom. The Morgan fingerprint density at radius 2 is 2.31 bits per heavy atom. The summed E-state index contributed by atoms with van der Waals surface area (Å²) in [4.78, 5) is 24.2. The second-order valence-electron chi connectivity index (χ2n) is 5.95. The molecule has 1 atom stereocenters. The van der Waals surface area contributed by atoms with Crippen molar-refractivity contribution in [3.05, 3.63) is 38.2 Å². The van der Waals surface area contributed by atoms with Crippen molar-refractivity contribution in [3.63, 3.8) is 0 Å². The van der Waals surface area contributed by atoms with Gasteiger partial charge in [-0.05, 0) is 31.4 Å². The van der Waals surface area contributed by atoms with E-state index in [1.807, 2.05) is 6.92 Å². The third-order valence-corrected chi connectivity index (χ3v) is 5.79. The predicted molar refractivity (Wildman–Crippen MR) is 102 cm³/mol. The third kappa shape index (κ3) is 4.43. The number of halogens is 2. The Labute approximate surface area is 164 Å². The molecular formula is C16H18Cl2N4O3S. The number of thioether (sulfide) groups is 1. The minimum atomic E-state index is -0.312. The molecule has 1 amide bonds. The zero-order valence-electron chi connectivity index (χ0n) is 14.1. The van der Waals surface area contributed by atoms with Crippen molar-refractivity contribution in [3.8, 4) is 0 Å². The molecule has 0 spiro atoms. The molecule has 140 valence electrons. The van der Waals surface area contributed by atoms with E-state index in [1.165, 1.54) is 4.57 Å². The van der Waals surface area contributed by atoms with Crippen LogP contribution in [0.2, 0.25) is 10.0 Å². The number of carbonyl (C=O) groups excluding carboxylic acids is 1.